The summed E-state index contributed by atoms with van der Waals surface area (Å²) < 4.78 is 27.0. The molecule has 0 amide bonds. The van der Waals surface area contributed by atoms with E-state index in [1.54, 1.807) is 24.3 Å². The molecule has 0 aromatic heterocycles. The van der Waals surface area contributed by atoms with Gasteiger partial charge in [-0.25, -0.2) is 13.1 Å². The Balaban J connectivity index is 2.74. The van der Waals surface area contributed by atoms with Crippen LogP contribution >= 0.6 is 0 Å². The molecule has 1 aromatic rings. The first-order valence-corrected chi connectivity index (χ1v) is 8.34. The second-order valence-corrected chi connectivity index (χ2v) is 6.77. The molecule has 6 heteroatoms. The van der Waals surface area contributed by atoms with E-state index in [2.05, 4.69) is 35.3 Å². The molecule has 0 fully saturated rings. The molecule has 116 valence electrons. The number of nitrogens with two attached hydrogens (primary N) is 1. The Morgan fingerprint density at radius 3 is 2.71 bits per heavy atom. The van der Waals surface area contributed by atoms with Crippen molar-refractivity contribution in [1.29, 1.82) is 0 Å². The van der Waals surface area contributed by atoms with Crippen molar-refractivity contribution in [3.05, 3.63) is 29.8 Å². The van der Waals surface area contributed by atoms with Gasteiger partial charge in [-0.1, -0.05) is 17.9 Å². The van der Waals surface area contributed by atoms with E-state index in [1.165, 1.54) is 0 Å². The average molecular weight is 309 g/mol. The van der Waals surface area contributed by atoms with Crippen molar-refractivity contribution in [2.75, 3.05) is 26.7 Å². The lowest BCUT2D eigenvalue weighted by molar-refractivity contribution is 0.278. The summed E-state index contributed by atoms with van der Waals surface area (Å²) in [6.07, 6.45) is 0. The number of nitrogens with one attached hydrogen (secondary N) is 1. The van der Waals surface area contributed by atoms with Gasteiger partial charge in [0.2, 0.25) is 10.0 Å². The number of sulfonamides is 1. The van der Waals surface area contributed by atoms with E-state index >= 15 is 0 Å². The quantitative estimate of drug-likeness (QED) is 0.755. The molecular formula is C15H23N3O2S. The highest BCUT2D eigenvalue weighted by atomic mass is 32.2. The van der Waals surface area contributed by atoms with Gasteiger partial charge in [0.1, 0.15) is 0 Å². The zero-order valence-corrected chi connectivity index (χ0v) is 13.6. The Labute approximate surface area is 127 Å². The molecule has 0 atom stereocenters. The Hall–Kier alpha value is -1.39. The smallest absolute Gasteiger partial charge is 0.240 e. The first-order valence-electron chi connectivity index (χ1n) is 6.85. The highest BCUT2D eigenvalue weighted by molar-refractivity contribution is 7.89. The standard InChI is InChI=1S/C15H23N3O2S/c1-13(2)18(3)11-10-17-21(19,20)15-8-4-6-14(12-15)7-5-9-16/h4,6,8,12-13,17H,9-11,16H2,1-3H3. The van der Waals surface area contributed by atoms with Crippen molar-refractivity contribution in [1.82, 2.24) is 9.62 Å². The Bertz CT molecular complexity index is 615. The minimum atomic E-state index is -3.50. The molecule has 5 nitrogen and oxygen atoms in total. The van der Waals surface area contributed by atoms with Crippen LogP contribution in [0.1, 0.15) is 19.4 Å². The van der Waals surface area contributed by atoms with Crippen molar-refractivity contribution in [2.24, 2.45) is 5.73 Å². The highest BCUT2D eigenvalue weighted by Gasteiger charge is 2.14. The molecule has 0 spiro atoms. The van der Waals surface area contributed by atoms with E-state index < -0.39 is 10.0 Å². The fraction of sp³-hybridized carbons (Fsp3) is 0.467. The third-order valence-corrected chi connectivity index (χ3v) is 4.58. The summed E-state index contributed by atoms with van der Waals surface area (Å²) in [5.74, 6) is 5.54. The second kappa shape index (κ2) is 8.15. The van der Waals surface area contributed by atoms with E-state index in [-0.39, 0.29) is 11.4 Å². The number of benzene rings is 1. The van der Waals surface area contributed by atoms with E-state index in [0.29, 0.717) is 24.7 Å². The summed E-state index contributed by atoms with van der Waals surface area (Å²) in [7, 11) is -1.54. The average Bonchev–Trinajstić information content (AvgIpc) is 2.45. The summed E-state index contributed by atoms with van der Waals surface area (Å²) in [4.78, 5) is 2.30. The van der Waals surface area contributed by atoms with Crippen molar-refractivity contribution in [3.8, 4) is 11.8 Å². The van der Waals surface area contributed by atoms with Crippen molar-refractivity contribution < 1.29 is 8.42 Å². The van der Waals surface area contributed by atoms with Gasteiger partial charge in [-0.05, 0) is 39.1 Å². The molecule has 0 bridgehead atoms. The molecular weight excluding hydrogens is 286 g/mol. The monoisotopic (exact) mass is 309 g/mol. The van der Waals surface area contributed by atoms with Crippen LogP contribution in [0.15, 0.2) is 29.2 Å². The summed E-state index contributed by atoms with van der Waals surface area (Å²) in [6.45, 7) is 5.40. The van der Waals surface area contributed by atoms with E-state index in [9.17, 15) is 8.42 Å². The van der Waals surface area contributed by atoms with Gasteiger partial charge >= 0.3 is 0 Å². The van der Waals surface area contributed by atoms with Gasteiger partial charge in [0, 0.05) is 24.7 Å². The number of hydrogen-bond acceptors (Lipinski definition) is 4. The summed E-state index contributed by atoms with van der Waals surface area (Å²) >= 11 is 0. The number of rotatable bonds is 6. The van der Waals surface area contributed by atoms with Crippen LogP contribution in [-0.4, -0.2) is 46.0 Å². The van der Waals surface area contributed by atoms with Crippen LogP contribution in [0.3, 0.4) is 0 Å². The number of hydrogen-bond donors (Lipinski definition) is 2. The van der Waals surface area contributed by atoms with Gasteiger partial charge < -0.3 is 10.6 Å². The molecule has 21 heavy (non-hydrogen) atoms. The molecule has 3 N–H and O–H groups in total. The van der Waals surface area contributed by atoms with Gasteiger partial charge in [0.05, 0.1) is 11.4 Å². The zero-order valence-electron chi connectivity index (χ0n) is 12.8. The maximum absolute atomic E-state index is 12.2. The molecule has 0 aliphatic rings. The minimum Gasteiger partial charge on any atom is -0.320 e. The van der Waals surface area contributed by atoms with Crippen LogP contribution in [0.4, 0.5) is 0 Å². The van der Waals surface area contributed by atoms with Gasteiger partial charge in [0.25, 0.3) is 0 Å². The minimum absolute atomic E-state index is 0.221. The van der Waals surface area contributed by atoms with Gasteiger partial charge in [0.15, 0.2) is 0 Å². The normalized spacial score (nSPS) is 11.5. The first-order chi connectivity index (χ1) is 9.86. The SMILES string of the molecule is CC(C)N(C)CCNS(=O)(=O)c1cccc(C#CCN)c1. The van der Waals surface area contributed by atoms with Gasteiger partial charge in [-0.2, -0.15) is 0 Å². The molecule has 0 unspecified atom stereocenters. The van der Waals surface area contributed by atoms with Crippen LogP contribution < -0.4 is 10.5 Å². The van der Waals surface area contributed by atoms with E-state index in [1.807, 2.05) is 7.05 Å². The highest BCUT2D eigenvalue weighted by Crippen LogP contribution is 2.10. The molecule has 0 radical (unpaired) electrons. The second-order valence-electron chi connectivity index (χ2n) is 5.01. The van der Waals surface area contributed by atoms with E-state index in [4.69, 9.17) is 5.73 Å². The third-order valence-electron chi connectivity index (χ3n) is 3.12. The fourth-order valence-electron chi connectivity index (χ4n) is 1.59. The number of likely N-dealkylation sites (N-methyl/N-ethyl adjacent to an activating group) is 1. The van der Waals surface area contributed by atoms with E-state index in [0.717, 1.165) is 0 Å². The van der Waals surface area contributed by atoms with Crippen molar-refractivity contribution in [3.63, 3.8) is 0 Å². The molecule has 0 saturated carbocycles. The lowest BCUT2D eigenvalue weighted by atomic mass is 10.2. The van der Waals surface area contributed by atoms with Gasteiger partial charge in [-0.15, -0.1) is 0 Å². The Kier molecular flexibility index (Phi) is 6.85. The van der Waals surface area contributed by atoms with Crippen LogP contribution in [0.2, 0.25) is 0 Å². The van der Waals surface area contributed by atoms with Crippen LogP contribution in [0.25, 0.3) is 0 Å². The number of nitrogens with zero attached hydrogens (tertiary/aromatic N) is 1. The molecule has 0 aliphatic carbocycles. The molecule has 1 rings (SSSR count). The summed E-state index contributed by atoms with van der Waals surface area (Å²) in [6, 6.07) is 6.92. The van der Waals surface area contributed by atoms with Gasteiger partial charge in [-0.3, -0.25) is 0 Å². The van der Waals surface area contributed by atoms with Crippen molar-refractivity contribution >= 4 is 10.0 Å². The van der Waals surface area contributed by atoms with Crippen LogP contribution in [0.5, 0.6) is 0 Å². The topological polar surface area (TPSA) is 75.4 Å². The van der Waals surface area contributed by atoms with Crippen LogP contribution in [-0.2, 0) is 10.0 Å². The summed E-state index contributed by atoms with van der Waals surface area (Å²) in [5.41, 5.74) is 5.95. The first kappa shape index (κ1) is 17.7. The Morgan fingerprint density at radius 1 is 1.38 bits per heavy atom. The molecule has 1 aromatic carbocycles. The zero-order chi connectivity index (χ0) is 15.9. The Morgan fingerprint density at radius 2 is 2.10 bits per heavy atom. The molecule has 0 aliphatic heterocycles. The van der Waals surface area contributed by atoms with Crippen molar-refractivity contribution in [2.45, 2.75) is 24.8 Å². The molecule has 0 heterocycles. The lowest BCUT2D eigenvalue weighted by Crippen LogP contribution is -2.36. The fourth-order valence-corrected chi connectivity index (χ4v) is 2.66. The predicted molar refractivity (Wildman–Crippen MR) is 85.3 cm³/mol. The maximum Gasteiger partial charge on any atom is 0.240 e. The lowest BCUT2D eigenvalue weighted by Gasteiger charge is -2.20. The molecule has 0 saturated heterocycles. The predicted octanol–water partition coefficient (Wildman–Crippen LogP) is 0.615. The van der Waals surface area contributed by atoms with Crippen LogP contribution in [0, 0.1) is 11.8 Å². The third kappa shape index (κ3) is 5.86. The maximum atomic E-state index is 12.2. The largest absolute Gasteiger partial charge is 0.320 e. The summed E-state index contributed by atoms with van der Waals surface area (Å²) in [5, 5.41) is 0.